The van der Waals surface area contributed by atoms with Crippen molar-refractivity contribution in [2.45, 2.75) is 24.3 Å². The lowest BCUT2D eigenvalue weighted by atomic mass is 10.2. The zero-order valence-corrected chi connectivity index (χ0v) is 10.3. The van der Waals surface area contributed by atoms with Crippen molar-refractivity contribution >= 4 is 11.8 Å². The minimum Gasteiger partial charge on any atom is -0.197 e. The second kappa shape index (κ2) is 4.97. The van der Waals surface area contributed by atoms with Gasteiger partial charge in [-0.15, -0.1) is 5.10 Å². The molecule has 2 aromatic rings. The van der Waals surface area contributed by atoms with Crippen LogP contribution in [-0.2, 0) is 0 Å². The van der Waals surface area contributed by atoms with E-state index in [9.17, 15) is 0 Å². The van der Waals surface area contributed by atoms with Crippen molar-refractivity contribution in [1.82, 2.24) is 20.2 Å². The predicted molar refractivity (Wildman–Crippen MR) is 64.8 cm³/mol. The lowest BCUT2D eigenvalue weighted by molar-refractivity contribution is 0.755. The summed E-state index contributed by atoms with van der Waals surface area (Å²) in [5, 5.41) is 20.7. The summed E-state index contributed by atoms with van der Waals surface area (Å²) in [6.07, 6.45) is 0. The molecule has 0 amide bonds. The van der Waals surface area contributed by atoms with Crippen LogP contribution in [-0.4, -0.2) is 25.5 Å². The highest BCUT2D eigenvalue weighted by molar-refractivity contribution is 8.00. The number of hydrogen-bond donors (Lipinski definition) is 0. The van der Waals surface area contributed by atoms with Gasteiger partial charge in [0.15, 0.2) is 0 Å². The summed E-state index contributed by atoms with van der Waals surface area (Å²) in [5.74, 6) is 0. The number of aryl methyl sites for hydroxylation is 1. The van der Waals surface area contributed by atoms with Gasteiger partial charge in [-0.3, -0.25) is 0 Å². The molecule has 6 heteroatoms. The minimum absolute atomic E-state index is 0.176. The summed E-state index contributed by atoms with van der Waals surface area (Å²) in [6.45, 7) is 3.84. The molecule has 1 atom stereocenters. The summed E-state index contributed by atoms with van der Waals surface area (Å²) in [6, 6.07) is 10.0. The van der Waals surface area contributed by atoms with Crippen LogP contribution in [0.15, 0.2) is 29.4 Å². The predicted octanol–water partition coefficient (Wildman–Crippen LogP) is 1.97. The zero-order valence-electron chi connectivity index (χ0n) is 9.53. The second-order valence-corrected chi connectivity index (χ2v) is 4.91. The van der Waals surface area contributed by atoms with Crippen LogP contribution in [0.2, 0.25) is 0 Å². The lowest BCUT2D eigenvalue weighted by Gasteiger charge is -2.04. The monoisotopic (exact) mass is 245 g/mol. The molecule has 0 aliphatic heterocycles. The van der Waals surface area contributed by atoms with Crippen molar-refractivity contribution in [2.75, 3.05) is 0 Å². The van der Waals surface area contributed by atoms with E-state index in [2.05, 4.69) is 21.6 Å². The first-order valence-electron chi connectivity index (χ1n) is 5.12. The fourth-order valence-electron chi connectivity index (χ4n) is 1.28. The van der Waals surface area contributed by atoms with E-state index in [4.69, 9.17) is 5.26 Å². The van der Waals surface area contributed by atoms with Crippen LogP contribution >= 0.6 is 11.8 Å². The molecular formula is C11H11N5S. The Bertz CT molecular complexity index is 540. The maximum atomic E-state index is 8.78. The molecule has 0 saturated carbocycles. The number of nitrogens with zero attached hydrogens (tertiary/aromatic N) is 5. The average Bonchev–Trinajstić information content (AvgIpc) is 2.78. The third kappa shape index (κ3) is 2.63. The Hall–Kier alpha value is -1.87. The van der Waals surface area contributed by atoms with E-state index in [0.29, 0.717) is 5.16 Å². The highest BCUT2D eigenvalue weighted by atomic mass is 32.2. The highest BCUT2D eigenvalue weighted by Crippen LogP contribution is 2.22. The molecule has 0 N–H and O–H groups in total. The van der Waals surface area contributed by atoms with Gasteiger partial charge in [0, 0.05) is 0 Å². The summed E-state index contributed by atoms with van der Waals surface area (Å²) >= 11 is 1.34. The van der Waals surface area contributed by atoms with Gasteiger partial charge in [-0.1, -0.05) is 29.5 Å². The van der Waals surface area contributed by atoms with Gasteiger partial charge in [0.1, 0.15) is 0 Å². The molecule has 0 fully saturated rings. The Balaban J connectivity index is 2.31. The Labute approximate surface area is 103 Å². The Morgan fingerprint density at radius 3 is 2.71 bits per heavy atom. The fraction of sp³-hybridized carbons (Fsp3) is 0.273. The fourth-order valence-corrected chi connectivity index (χ4v) is 1.98. The van der Waals surface area contributed by atoms with Crippen molar-refractivity contribution < 1.29 is 0 Å². The van der Waals surface area contributed by atoms with Crippen LogP contribution in [0.5, 0.6) is 0 Å². The lowest BCUT2D eigenvalue weighted by Crippen LogP contribution is -2.01. The van der Waals surface area contributed by atoms with Crippen LogP contribution < -0.4 is 0 Å². The minimum atomic E-state index is -0.176. The molecule has 0 aliphatic rings. The zero-order chi connectivity index (χ0) is 12.3. The Kier molecular flexibility index (Phi) is 3.40. The Morgan fingerprint density at radius 1 is 1.35 bits per heavy atom. The van der Waals surface area contributed by atoms with Crippen LogP contribution in [0.3, 0.4) is 0 Å². The molecule has 1 aromatic heterocycles. The molecule has 0 bridgehead atoms. The summed E-state index contributed by atoms with van der Waals surface area (Å²) in [5.41, 5.74) is 2.08. The van der Waals surface area contributed by atoms with Crippen molar-refractivity contribution in [2.24, 2.45) is 0 Å². The summed E-state index contributed by atoms with van der Waals surface area (Å²) in [4.78, 5) is 0. The van der Waals surface area contributed by atoms with Gasteiger partial charge in [-0.2, -0.15) is 9.94 Å². The molecule has 0 aliphatic carbocycles. The van der Waals surface area contributed by atoms with E-state index >= 15 is 0 Å². The SMILES string of the molecule is Cc1ccc(-n2nnnc2SC(C)C#N)cc1. The molecule has 1 unspecified atom stereocenters. The molecule has 2 rings (SSSR count). The number of benzene rings is 1. The van der Waals surface area contributed by atoms with E-state index < -0.39 is 0 Å². The molecule has 17 heavy (non-hydrogen) atoms. The van der Waals surface area contributed by atoms with Gasteiger partial charge in [-0.05, 0) is 36.4 Å². The molecule has 1 heterocycles. The third-order valence-electron chi connectivity index (χ3n) is 2.18. The van der Waals surface area contributed by atoms with Crippen molar-refractivity contribution in [3.63, 3.8) is 0 Å². The standard InChI is InChI=1S/C11H11N5S/c1-8-3-5-10(6-4-8)16-11(13-14-15-16)17-9(2)7-12/h3-6,9H,1-2H3. The first kappa shape index (κ1) is 11.6. The first-order valence-corrected chi connectivity index (χ1v) is 6.00. The van der Waals surface area contributed by atoms with Gasteiger partial charge < -0.3 is 0 Å². The maximum absolute atomic E-state index is 8.78. The molecule has 5 nitrogen and oxygen atoms in total. The number of tetrazole rings is 1. The largest absolute Gasteiger partial charge is 0.215 e. The van der Waals surface area contributed by atoms with Crippen molar-refractivity contribution in [1.29, 1.82) is 5.26 Å². The maximum Gasteiger partial charge on any atom is 0.215 e. The highest BCUT2D eigenvalue weighted by Gasteiger charge is 2.12. The normalized spacial score (nSPS) is 12.1. The van der Waals surface area contributed by atoms with E-state index in [0.717, 1.165) is 5.69 Å². The number of rotatable bonds is 3. The molecule has 0 spiro atoms. The van der Waals surface area contributed by atoms with Crippen molar-refractivity contribution in [3.8, 4) is 11.8 Å². The molecule has 86 valence electrons. The topological polar surface area (TPSA) is 67.4 Å². The molecule has 1 aromatic carbocycles. The van der Waals surface area contributed by atoms with E-state index in [1.54, 1.807) is 4.68 Å². The number of hydrogen-bond acceptors (Lipinski definition) is 5. The molecular weight excluding hydrogens is 234 g/mol. The van der Waals surface area contributed by atoms with Gasteiger partial charge in [0.2, 0.25) is 5.16 Å². The smallest absolute Gasteiger partial charge is 0.197 e. The number of aromatic nitrogens is 4. The number of nitriles is 1. The second-order valence-electron chi connectivity index (χ2n) is 3.60. The van der Waals surface area contributed by atoms with Gasteiger partial charge in [0.25, 0.3) is 0 Å². The van der Waals surface area contributed by atoms with E-state index in [1.165, 1.54) is 17.3 Å². The third-order valence-corrected chi connectivity index (χ3v) is 3.11. The van der Waals surface area contributed by atoms with Crippen LogP contribution in [0, 0.1) is 18.3 Å². The summed E-state index contributed by atoms with van der Waals surface area (Å²) in [7, 11) is 0. The molecule has 0 saturated heterocycles. The molecule has 0 radical (unpaired) electrons. The first-order chi connectivity index (χ1) is 8.20. The van der Waals surface area contributed by atoms with Crippen molar-refractivity contribution in [3.05, 3.63) is 29.8 Å². The average molecular weight is 245 g/mol. The van der Waals surface area contributed by atoms with Crippen LogP contribution in [0.4, 0.5) is 0 Å². The van der Waals surface area contributed by atoms with Gasteiger partial charge >= 0.3 is 0 Å². The Morgan fingerprint density at radius 2 is 2.06 bits per heavy atom. The van der Waals surface area contributed by atoms with Gasteiger partial charge in [-0.25, -0.2) is 0 Å². The quantitative estimate of drug-likeness (QED) is 0.773. The van der Waals surface area contributed by atoms with Crippen LogP contribution in [0.1, 0.15) is 12.5 Å². The van der Waals surface area contributed by atoms with E-state index in [1.807, 2.05) is 38.1 Å². The van der Waals surface area contributed by atoms with Gasteiger partial charge in [0.05, 0.1) is 17.0 Å². The number of thioether (sulfide) groups is 1. The van der Waals surface area contributed by atoms with Crippen LogP contribution in [0.25, 0.3) is 5.69 Å². The van der Waals surface area contributed by atoms with E-state index in [-0.39, 0.29) is 5.25 Å². The summed E-state index contributed by atoms with van der Waals surface area (Å²) < 4.78 is 1.64.